The zero-order valence-electron chi connectivity index (χ0n) is 17.2. The molecule has 4 rings (SSSR count). The van der Waals surface area contributed by atoms with Gasteiger partial charge in [0.05, 0.1) is 6.61 Å². The van der Waals surface area contributed by atoms with E-state index >= 15 is 0 Å². The molecule has 0 aliphatic carbocycles. The van der Waals surface area contributed by atoms with Crippen molar-refractivity contribution in [2.75, 3.05) is 11.9 Å². The van der Waals surface area contributed by atoms with Gasteiger partial charge in [0.15, 0.2) is 5.69 Å². The lowest BCUT2D eigenvalue weighted by molar-refractivity contribution is 0.0532. The van der Waals surface area contributed by atoms with Crippen molar-refractivity contribution < 1.29 is 18.7 Å². The molecule has 162 valence electrons. The highest BCUT2D eigenvalue weighted by atomic mass is 32.1. The number of fused-ring (bicyclic) bond motifs is 1. The highest BCUT2D eigenvalue weighted by molar-refractivity contribution is 7.20. The van der Waals surface area contributed by atoms with E-state index in [-0.39, 0.29) is 18.0 Å². The third-order valence-corrected chi connectivity index (χ3v) is 5.75. The Morgan fingerprint density at radius 2 is 1.94 bits per heavy atom. The van der Waals surface area contributed by atoms with Gasteiger partial charge in [0.1, 0.15) is 16.4 Å². The molecule has 0 unspecified atom stereocenters. The number of carbonyl (C=O) groups excluding carboxylic acids is 2. The van der Waals surface area contributed by atoms with E-state index in [2.05, 4.69) is 10.4 Å². The topological polar surface area (TPSA) is 90.3 Å². The van der Waals surface area contributed by atoms with Gasteiger partial charge in [-0.05, 0) is 55.6 Å². The molecule has 0 saturated carbocycles. The van der Waals surface area contributed by atoms with Gasteiger partial charge in [0, 0.05) is 22.1 Å². The van der Waals surface area contributed by atoms with Crippen LogP contribution in [0.1, 0.15) is 32.8 Å². The van der Waals surface area contributed by atoms with Gasteiger partial charge < -0.3 is 10.1 Å². The number of halogens is 1. The molecule has 0 atom stereocenters. The minimum absolute atomic E-state index is 0.130. The fraction of sp³-hybridized carbons (Fsp3) is 0.130. The second-order valence-electron chi connectivity index (χ2n) is 6.90. The van der Waals surface area contributed by atoms with Crippen molar-refractivity contribution >= 4 is 39.0 Å². The van der Waals surface area contributed by atoms with Crippen LogP contribution in [0.15, 0.2) is 59.4 Å². The number of rotatable bonds is 5. The first kappa shape index (κ1) is 21.4. The number of hydrogen-bond donors (Lipinski definition) is 1. The number of ether oxygens (including phenoxy) is 1. The van der Waals surface area contributed by atoms with Crippen LogP contribution in [0.3, 0.4) is 0 Å². The van der Waals surface area contributed by atoms with E-state index < -0.39 is 23.1 Å². The van der Waals surface area contributed by atoms with Crippen LogP contribution in [0.2, 0.25) is 0 Å². The summed E-state index contributed by atoms with van der Waals surface area (Å²) in [4.78, 5) is 37.6. The van der Waals surface area contributed by atoms with Crippen molar-refractivity contribution in [3.8, 4) is 5.69 Å². The average Bonchev–Trinajstić information content (AvgIpc) is 3.18. The summed E-state index contributed by atoms with van der Waals surface area (Å²) in [5, 5.41) is 7.50. The summed E-state index contributed by atoms with van der Waals surface area (Å²) in [6.07, 6.45) is 0. The molecule has 0 saturated heterocycles. The molecule has 0 radical (unpaired) electrons. The predicted molar refractivity (Wildman–Crippen MR) is 120 cm³/mol. The SMILES string of the molecule is CCOC(=O)c1cc2cc(NC(=O)c3nn(-c4ccccc4F)c(C)cc3=O)ccc2s1. The Morgan fingerprint density at radius 1 is 1.16 bits per heavy atom. The van der Waals surface area contributed by atoms with E-state index in [0.29, 0.717) is 16.3 Å². The molecular formula is C23H18FN3O4S. The number of nitrogens with one attached hydrogen (secondary N) is 1. The molecule has 1 amide bonds. The Bertz CT molecular complexity index is 1410. The van der Waals surface area contributed by atoms with E-state index in [0.717, 1.165) is 10.1 Å². The highest BCUT2D eigenvalue weighted by Gasteiger charge is 2.18. The van der Waals surface area contributed by atoms with Crippen molar-refractivity contribution in [1.82, 2.24) is 9.78 Å². The first-order valence-electron chi connectivity index (χ1n) is 9.75. The minimum Gasteiger partial charge on any atom is -0.462 e. The van der Waals surface area contributed by atoms with Crippen molar-refractivity contribution in [2.45, 2.75) is 13.8 Å². The monoisotopic (exact) mass is 451 g/mol. The molecule has 4 aromatic rings. The van der Waals surface area contributed by atoms with Gasteiger partial charge in [0.2, 0.25) is 5.43 Å². The van der Waals surface area contributed by atoms with Crippen molar-refractivity contribution in [3.05, 3.63) is 86.9 Å². The Hall–Kier alpha value is -3.85. The minimum atomic E-state index is -0.722. The maximum atomic E-state index is 14.2. The number of carbonyl (C=O) groups is 2. The van der Waals surface area contributed by atoms with Crippen LogP contribution < -0.4 is 10.7 Å². The fourth-order valence-electron chi connectivity index (χ4n) is 3.19. The van der Waals surface area contributed by atoms with Crippen LogP contribution in [0.4, 0.5) is 10.1 Å². The number of hydrogen-bond acceptors (Lipinski definition) is 6. The normalized spacial score (nSPS) is 10.8. The van der Waals surface area contributed by atoms with E-state index in [4.69, 9.17) is 4.74 Å². The number of esters is 1. The van der Waals surface area contributed by atoms with Gasteiger partial charge in [-0.3, -0.25) is 9.59 Å². The van der Waals surface area contributed by atoms with E-state index in [9.17, 15) is 18.8 Å². The molecule has 2 aromatic carbocycles. The van der Waals surface area contributed by atoms with Gasteiger partial charge in [0.25, 0.3) is 5.91 Å². The zero-order chi connectivity index (χ0) is 22.8. The summed E-state index contributed by atoms with van der Waals surface area (Å²) >= 11 is 1.29. The molecule has 9 heteroatoms. The second-order valence-corrected chi connectivity index (χ2v) is 7.98. The molecule has 0 bridgehead atoms. The van der Waals surface area contributed by atoms with Crippen LogP contribution in [0, 0.1) is 12.7 Å². The number of amides is 1. The number of thiophene rings is 1. The largest absolute Gasteiger partial charge is 0.462 e. The first-order chi connectivity index (χ1) is 15.4. The Kier molecular flexibility index (Phi) is 5.83. The molecule has 0 aliphatic heterocycles. The molecule has 32 heavy (non-hydrogen) atoms. The van der Waals surface area contributed by atoms with Gasteiger partial charge in [-0.2, -0.15) is 5.10 Å². The predicted octanol–water partition coefficient (Wildman–Crippen LogP) is 4.32. The number of aromatic nitrogens is 2. The summed E-state index contributed by atoms with van der Waals surface area (Å²) in [6, 6.07) is 14.0. The zero-order valence-corrected chi connectivity index (χ0v) is 18.0. The summed E-state index contributed by atoms with van der Waals surface area (Å²) in [7, 11) is 0. The number of nitrogens with zero attached hydrogens (tertiary/aromatic N) is 2. The summed E-state index contributed by atoms with van der Waals surface area (Å²) in [5.74, 6) is -1.66. The maximum absolute atomic E-state index is 14.2. The lowest BCUT2D eigenvalue weighted by Crippen LogP contribution is -2.27. The van der Waals surface area contributed by atoms with E-state index in [1.165, 1.54) is 40.3 Å². The van der Waals surface area contributed by atoms with Gasteiger partial charge in [-0.15, -0.1) is 11.3 Å². The molecule has 2 aromatic heterocycles. The summed E-state index contributed by atoms with van der Waals surface area (Å²) < 4.78 is 21.3. The van der Waals surface area contributed by atoms with Crippen LogP contribution in [-0.4, -0.2) is 28.3 Å². The molecule has 0 aliphatic rings. The number of aryl methyl sites for hydroxylation is 1. The van der Waals surface area contributed by atoms with Gasteiger partial charge >= 0.3 is 5.97 Å². The number of para-hydroxylation sites is 1. The molecule has 7 nitrogen and oxygen atoms in total. The number of benzene rings is 2. The molecule has 1 N–H and O–H groups in total. The van der Waals surface area contributed by atoms with E-state index in [1.54, 1.807) is 44.2 Å². The van der Waals surface area contributed by atoms with Crippen molar-refractivity contribution in [1.29, 1.82) is 0 Å². The average molecular weight is 451 g/mol. The third-order valence-electron chi connectivity index (χ3n) is 4.65. The van der Waals surface area contributed by atoms with Crippen LogP contribution >= 0.6 is 11.3 Å². The molecule has 2 heterocycles. The standard InChI is InChI=1S/C23H18FN3O4S/c1-3-31-23(30)20-12-14-11-15(8-9-19(14)32-20)25-22(29)21-18(28)10-13(2)27(26-21)17-7-5-4-6-16(17)24/h4-12H,3H2,1-2H3,(H,25,29). The third kappa shape index (κ3) is 4.15. The van der Waals surface area contributed by atoms with E-state index in [1.807, 2.05) is 0 Å². The van der Waals surface area contributed by atoms with Gasteiger partial charge in [-0.1, -0.05) is 12.1 Å². The van der Waals surface area contributed by atoms with Crippen molar-refractivity contribution in [3.63, 3.8) is 0 Å². The van der Waals surface area contributed by atoms with Gasteiger partial charge in [-0.25, -0.2) is 13.9 Å². The number of anilines is 1. The van der Waals surface area contributed by atoms with Crippen LogP contribution in [-0.2, 0) is 4.74 Å². The Morgan fingerprint density at radius 3 is 2.69 bits per heavy atom. The Labute approximate surface area is 186 Å². The first-order valence-corrected chi connectivity index (χ1v) is 10.6. The second kappa shape index (κ2) is 8.72. The fourth-order valence-corrected chi connectivity index (χ4v) is 4.12. The smallest absolute Gasteiger partial charge is 0.348 e. The summed E-state index contributed by atoms with van der Waals surface area (Å²) in [6.45, 7) is 3.62. The summed E-state index contributed by atoms with van der Waals surface area (Å²) in [5.41, 5.74) is 0.00767. The Balaban J connectivity index is 1.65. The quantitative estimate of drug-likeness (QED) is 0.457. The maximum Gasteiger partial charge on any atom is 0.348 e. The highest BCUT2D eigenvalue weighted by Crippen LogP contribution is 2.29. The lowest BCUT2D eigenvalue weighted by Gasteiger charge is -2.12. The lowest BCUT2D eigenvalue weighted by atomic mass is 10.2. The molecule has 0 spiro atoms. The van der Waals surface area contributed by atoms with Crippen molar-refractivity contribution in [2.24, 2.45) is 0 Å². The molecule has 0 fully saturated rings. The molecular weight excluding hydrogens is 433 g/mol. The van der Waals surface area contributed by atoms with Crippen LogP contribution in [0.25, 0.3) is 15.8 Å². The van der Waals surface area contributed by atoms with Crippen LogP contribution in [0.5, 0.6) is 0 Å².